The first kappa shape index (κ1) is 27.6. The van der Waals surface area contributed by atoms with Crippen LogP contribution in [0, 0.1) is 0 Å². The maximum Gasteiger partial charge on any atom is 0.317 e. The summed E-state index contributed by atoms with van der Waals surface area (Å²) in [5, 5.41) is 4.60. The van der Waals surface area contributed by atoms with Crippen LogP contribution in [-0.2, 0) is 4.79 Å². The number of likely N-dealkylation sites (N-methyl/N-ethyl adjacent to an activating group) is 1. The van der Waals surface area contributed by atoms with Crippen molar-refractivity contribution in [1.29, 1.82) is 0 Å². The van der Waals surface area contributed by atoms with Gasteiger partial charge in [0.15, 0.2) is 0 Å². The molecule has 4 rings (SSSR count). The summed E-state index contributed by atoms with van der Waals surface area (Å²) in [5.74, 6) is -0.203. The second-order valence-electron chi connectivity index (χ2n) is 9.73. The molecule has 0 spiro atoms. The number of hydrogen-bond acceptors (Lipinski definition) is 3. The number of urea groups is 1. The van der Waals surface area contributed by atoms with Crippen molar-refractivity contribution in [3.63, 3.8) is 0 Å². The summed E-state index contributed by atoms with van der Waals surface area (Å²) < 4.78 is 0. The lowest BCUT2D eigenvalue weighted by atomic mass is 9.85. The molecule has 2 aliphatic rings. The number of nitrogens with zero attached hydrogens (tertiary/aromatic N) is 3. The Morgan fingerprint density at radius 3 is 2.16 bits per heavy atom. The predicted molar refractivity (Wildman–Crippen MR) is 147 cm³/mol. The van der Waals surface area contributed by atoms with Gasteiger partial charge in [0.2, 0.25) is 5.91 Å². The number of likely N-dealkylation sites (tertiary alicyclic amines) is 2. The lowest BCUT2D eigenvalue weighted by molar-refractivity contribution is -0.129. The summed E-state index contributed by atoms with van der Waals surface area (Å²) >= 11 is 18.5. The van der Waals surface area contributed by atoms with Gasteiger partial charge in [0.1, 0.15) is 0 Å². The molecular formula is C27H31Cl3N4O3. The quantitative estimate of drug-likeness (QED) is 0.547. The first-order chi connectivity index (χ1) is 17.6. The lowest BCUT2D eigenvalue weighted by Crippen LogP contribution is -2.56. The molecule has 0 bridgehead atoms. The van der Waals surface area contributed by atoms with Gasteiger partial charge >= 0.3 is 6.03 Å². The Balaban J connectivity index is 1.50. The van der Waals surface area contributed by atoms with E-state index >= 15 is 0 Å². The topological polar surface area (TPSA) is 73.0 Å². The largest absolute Gasteiger partial charge is 0.343 e. The molecule has 2 heterocycles. The zero-order chi connectivity index (χ0) is 26.7. The van der Waals surface area contributed by atoms with E-state index in [0.717, 1.165) is 18.4 Å². The van der Waals surface area contributed by atoms with Crippen molar-refractivity contribution < 1.29 is 14.4 Å². The van der Waals surface area contributed by atoms with Crippen LogP contribution in [0.1, 0.15) is 48.0 Å². The first-order valence-electron chi connectivity index (χ1n) is 12.4. The fourth-order valence-electron chi connectivity index (χ4n) is 5.21. The average molecular weight is 566 g/mol. The normalized spacial score (nSPS) is 20.5. The highest BCUT2D eigenvalue weighted by Crippen LogP contribution is 2.34. The van der Waals surface area contributed by atoms with Gasteiger partial charge in [-0.1, -0.05) is 40.9 Å². The monoisotopic (exact) mass is 564 g/mol. The van der Waals surface area contributed by atoms with Gasteiger partial charge in [0.05, 0.1) is 10.0 Å². The molecule has 4 amide bonds. The zero-order valence-electron chi connectivity index (χ0n) is 20.9. The smallest absolute Gasteiger partial charge is 0.317 e. The van der Waals surface area contributed by atoms with Crippen LogP contribution in [-0.4, -0.2) is 77.9 Å². The number of rotatable bonds is 4. The second kappa shape index (κ2) is 11.9. The lowest BCUT2D eigenvalue weighted by Gasteiger charge is -2.43. The SMILES string of the molecule is CC(=O)N1CCC(NC(=O)N2CC[C@@H](N(C)C(=O)c3ccc(Cl)cc3)[C@H](c3ccc(Cl)c(Cl)c3)C2)CC1. The third-order valence-corrected chi connectivity index (χ3v) is 8.40. The van der Waals surface area contributed by atoms with Gasteiger partial charge in [0, 0.05) is 68.7 Å². The minimum atomic E-state index is -0.157. The van der Waals surface area contributed by atoms with Crippen LogP contribution in [0.3, 0.4) is 0 Å². The van der Waals surface area contributed by atoms with Crippen molar-refractivity contribution in [2.24, 2.45) is 0 Å². The molecule has 2 aromatic rings. The van der Waals surface area contributed by atoms with Crippen LogP contribution >= 0.6 is 34.8 Å². The number of benzene rings is 2. The summed E-state index contributed by atoms with van der Waals surface area (Å²) in [4.78, 5) is 43.5. The highest BCUT2D eigenvalue weighted by atomic mass is 35.5. The molecule has 0 unspecified atom stereocenters. The van der Waals surface area contributed by atoms with Gasteiger partial charge in [-0.25, -0.2) is 4.79 Å². The van der Waals surface area contributed by atoms with Crippen molar-refractivity contribution in [3.05, 3.63) is 68.7 Å². The second-order valence-corrected chi connectivity index (χ2v) is 11.0. The first-order valence-corrected chi connectivity index (χ1v) is 13.6. The van der Waals surface area contributed by atoms with E-state index in [-0.39, 0.29) is 35.8 Å². The fourth-order valence-corrected chi connectivity index (χ4v) is 5.64. The Morgan fingerprint density at radius 2 is 1.54 bits per heavy atom. The van der Waals surface area contributed by atoms with E-state index in [2.05, 4.69) is 5.32 Å². The standard InChI is InChI=1S/C27H31Cl3N4O3/c1-17(35)33-12-9-21(10-13-33)31-27(37)34-14-11-25(22(16-34)19-5-8-23(29)24(30)15-19)32(2)26(36)18-3-6-20(28)7-4-18/h3-8,15,21-22,25H,9-14,16H2,1-2H3,(H,31,37)/t22-,25+/m0/s1. The van der Waals surface area contributed by atoms with Crippen molar-refractivity contribution >= 4 is 52.6 Å². The minimum absolute atomic E-state index is 0.0263. The summed E-state index contributed by atoms with van der Waals surface area (Å²) in [5.41, 5.74) is 1.47. The number of nitrogens with one attached hydrogen (secondary N) is 1. The summed E-state index contributed by atoms with van der Waals surface area (Å²) in [6.07, 6.45) is 2.07. The van der Waals surface area contributed by atoms with E-state index < -0.39 is 0 Å². The molecule has 198 valence electrons. The molecule has 0 aliphatic carbocycles. The highest BCUT2D eigenvalue weighted by molar-refractivity contribution is 6.42. The van der Waals surface area contributed by atoms with E-state index in [9.17, 15) is 14.4 Å². The molecule has 0 aromatic heterocycles. The number of carbonyl (C=O) groups excluding carboxylic acids is 3. The van der Waals surface area contributed by atoms with Gasteiger partial charge in [-0.3, -0.25) is 9.59 Å². The molecule has 2 aliphatic heterocycles. The van der Waals surface area contributed by atoms with Gasteiger partial charge < -0.3 is 20.0 Å². The van der Waals surface area contributed by atoms with E-state index in [1.807, 2.05) is 21.9 Å². The van der Waals surface area contributed by atoms with Gasteiger partial charge in [-0.15, -0.1) is 0 Å². The van der Waals surface area contributed by atoms with Crippen LogP contribution in [0.15, 0.2) is 42.5 Å². The van der Waals surface area contributed by atoms with Crippen molar-refractivity contribution in [1.82, 2.24) is 20.0 Å². The maximum absolute atomic E-state index is 13.3. The molecule has 7 nitrogen and oxygen atoms in total. The van der Waals surface area contributed by atoms with Crippen LogP contribution < -0.4 is 5.32 Å². The molecular weight excluding hydrogens is 535 g/mol. The van der Waals surface area contributed by atoms with E-state index in [1.165, 1.54) is 0 Å². The molecule has 2 saturated heterocycles. The summed E-state index contributed by atoms with van der Waals surface area (Å²) in [6, 6.07) is 12.1. The van der Waals surface area contributed by atoms with Crippen LogP contribution in [0.4, 0.5) is 4.79 Å². The number of halogens is 3. The summed E-state index contributed by atoms with van der Waals surface area (Å²) in [7, 11) is 1.80. The molecule has 0 saturated carbocycles. The molecule has 1 N–H and O–H groups in total. The van der Waals surface area contributed by atoms with Crippen molar-refractivity contribution in [3.8, 4) is 0 Å². The van der Waals surface area contributed by atoms with Crippen LogP contribution in [0.25, 0.3) is 0 Å². The van der Waals surface area contributed by atoms with Gasteiger partial charge in [-0.2, -0.15) is 0 Å². The number of amides is 4. The molecule has 10 heteroatoms. The van der Waals surface area contributed by atoms with E-state index in [0.29, 0.717) is 53.2 Å². The van der Waals surface area contributed by atoms with E-state index in [1.54, 1.807) is 49.2 Å². The Morgan fingerprint density at radius 1 is 0.892 bits per heavy atom. The average Bonchev–Trinajstić information content (AvgIpc) is 2.90. The predicted octanol–water partition coefficient (Wildman–Crippen LogP) is 5.30. The molecule has 2 fully saturated rings. The third kappa shape index (κ3) is 6.51. The maximum atomic E-state index is 13.3. The Hall–Kier alpha value is -2.48. The van der Waals surface area contributed by atoms with Crippen LogP contribution in [0.5, 0.6) is 0 Å². The van der Waals surface area contributed by atoms with Gasteiger partial charge in [0.25, 0.3) is 5.91 Å². The Bertz CT molecular complexity index is 1150. The molecule has 37 heavy (non-hydrogen) atoms. The zero-order valence-corrected chi connectivity index (χ0v) is 23.2. The summed E-state index contributed by atoms with van der Waals surface area (Å²) in [6.45, 7) is 3.80. The fraction of sp³-hybridized carbons (Fsp3) is 0.444. The number of carbonyl (C=O) groups is 3. The number of hydrogen-bond donors (Lipinski definition) is 1. The Kier molecular flexibility index (Phi) is 8.88. The van der Waals surface area contributed by atoms with Gasteiger partial charge in [-0.05, 0) is 61.2 Å². The molecule has 0 radical (unpaired) electrons. The third-order valence-electron chi connectivity index (χ3n) is 7.41. The Labute approximate surface area is 232 Å². The number of piperidine rings is 2. The van der Waals surface area contributed by atoms with E-state index in [4.69, 9.17) is 34.8 Å². The van der Waals surface area contributed by atoms with Crippen LogP contribution in [0.2, 0.25) is 15.1 Å². The molecule has 2 aromatic carbocycles. The van der Waals surface area contributed by atoms with Crippen molar-refractivity contribution in [2.45, 2.75) is 44.2 Å². The minimum Gasteiger partial charge on any atom is -0.343 e. The highest BCUT2D eigenvalue weighted by Gasteiger charge is 2.37. The molecule has 2 atom stereocenters. The van der Waals surface area contributed by atoms with Crippen molar-refractivity contribution in [2.75, 3.05) is 33.2 Å².